The smallest absolute Gasteiger partial charge is 0.344 e. The van der Waals surface area contributed by atoms with Crippen molar-refractivity contribution in [2.24, 2.45) is 0 Å². The number of carbonyl (C=O) groups is 2. The van der Waals surface area contributed by atoms with Crippen LogP contribution in [0.3, 0.4) is 0 Å². The number of hydrogen-bond donors (Lipinski definition) is 0. The van der Waals surface area contributed by atoms with E-state index in [1.165, 1.54) is 19.2 Å². The SMILES string of the molecule is COC(C=O)c1ccc(OCC(=O)OC(C)(C)C)c(C#N)c1. The van der Waals surface area contributed by atoms with Crippen LogP contribution in [0.4, 0.5) is 0 Å². The second kappa shape index (κ2) is 7.57. The monoisotopic (exact) mass is 305 g/mol. The molecule has 0 aliphatic rings. The third-order valence-corrected chi connectivity index (χ3v) is 2.60. The number of ether oxygens (including phenoxy) is 3. The van der Waals surface area contributed by atoms with E-state index in [0.717, 1.165) is 0 Å². The molecule has 0 amide bonds. The molecule has 0 radical (unpaired) electrons. The van der Waals surface area contributed by atoms with Gasteiger partial charge in [-0.2, -0.15) is 5.26 Å². The van der Waals surface area contributed by atoms with E-state index in [-0.39, 0.29) is 17.9 Å². The van der Waals surface area contributed by atoms with Crippen molar-refractivity contribution >= 4 is 12.3 Å². The van der Waals surface area contributed by atoms with E-state index < -0.39 is 17.7 Å². The van der Waals surface area contributed by atoms with Crippen molar-refractivity contribution in [2.75, 3.05) is 13.7 Å². The largest absolute Gasteiger partial charge is 0.481 e. The third kappa shape index (κ3) is 5.19. The van der Waals surface area contributed by atoms with Crippen LogP contribution in [0.1, 0.15) is 38.0 Å². The second-order valence-corrected chi connectivity index (χ2v) is 5.53. The van der Waals surface area contributed by atoms with Gasteiger partial charge in [0.15, 0.2) is 12.9 Å². The summed E-state index contributed by atoms with van der Waals surface area (Å²) in [5, 5.41) is 9.15. The Bertz CT molecular complexity index is 583. The molecule has 0 bridgehead atoms. The number of aldehydes is 1. The molecule has 0 saturated carbocycles. The van der Waals surface area contributed by atoms with Crippen molar-refractivity contribution in [1.29, 1.82) is 5.26 Å². The van der Waals surface area contributed by atoms with Gasteiger partial charge in [-0.25, -0.2) is 4.79 Å². The lowest BCUT2D eigenvalue weighted by molar-refractivity contribution is -0.157. The standard InChI is InChI=1S/C16H19NO5/c1-16(2,3)22-15(19)10-21-13-6-5-11(7-12(13)8-17)14(9-18)20-4/h5-7,9,14H,10H2,1-4H3. The molecule has 0 spiro atoms. The summed E-state index contributed by atoms with van der Waals surface area (Å²) >= 11 is 0. The minimum Gasteiger partial charge on any atom is -0.481 e. The molecule has 6 heteroatoms. The molecule has 0 saturated heterocycles. The molecular weight excluding hydrogens is 286 g/mol. The third-order valence-electron chi connectivity index (χ3n) is 2.60. The summed E-state index contributed by atoms with van der Waals surface area (Å²) in [7, 11) is 1.40. The highest BCUT2D eigenvalue weighted by Gasteiger charge is 2.18. The van der Waals surface area contributed by atoms with Crippen LogP contribution >= 0.6 is 0 Å². The van der Waals surface area contributed by atoms with Gasteiger partial charge in [0.05, 0.1) is 5.56 Å². The maximum absolute atomic E-state index is 11.6. The fourth-order valence-electron chi connectivity index (χ4n) is 1.72. The first-order valence-corrected chi connectivity index (χ1v) is 6.67. The Balaban J connectivity index is 2.82. The van der Waals surface area contributed by atoms with Gasteiger partial charge in [0.25, 0.3) is 0 Å². The lowest BCUT2D eigenvalue weighted by Gasteiger charge is -2.19. The zero-order valence-electron chi connectivity index (χ0n) is 13.1. The zero-order chi connectivity index (χ0) is 16.8. The Morgan fingerprint density at radius 1 is 1.41 bits per heavy atom. The predicted octanol–water partition coefficient (Wildman–Crippen LogP) is 2.17. The van der Waals surface area contributed by atoms with Crippen molar-refractivity contribution in [3.05, 3.63) is 29.3 Å². The van der Waals surface area contributed by atoms with Crippen molar-refractivity contribution in [3.8, 4) is 11.8 Å². The van der Waals surface area contributed by atoms with Crippen LogP contribution < -0.4 is 4.74 Å². The van der Waals surface area contributed by atoms with Gasteiger partial charge in [0, 0.05) is 7.11 Å². The van der Waals surface area contributed by atoms with Crippen LogP contribution in [0.15, 0.2) is 18.2 Å². The minimum atomic E-state index is -0.744. The average molecular weight is 305 g/mol. The highest BCUT2D eigenvalue weighted by molar-refractivity contribution is 5.71. The van der Waals surface area contributed by atoms with E-state index in [1.54, 1.807) is 26.8 Å². The van der Waals surface area contributed by atoms with Crippen LogP contribution in [0.5, 0.6) is 5.75 Å². The summed E-state index contributed by atoms with van der Waals surface area (Å²) in [5.41, 5.74) is 0.154. The first-order valence-electron chi connectivity index (χ1n) is 6.67. The van der Waals surface area contributed by atoms with Gasteiger partial charge in [-0.1, -0.05) is 6.07 Å². The van der Waals surface area contributed by atoms with E-state index in [1.807, 2.05) is 6.07 Å². The summed E-state index contributed by atoms with van der Waals surface area (Å²) in [5.74, 6) is -0.277. The van der Waals surface area contributed by atoms with Crippen LogP contribution in [0.25, 0.3) is 0 Å². The molecule has 118 valence electrons. The quantitative estimate of drug-likeness (QED) is 0.591. The molecule has 22 heavy (non-hydrogen) atoms. The number of rotatable bonds is 6. The summed E-state index contributed by atoms with van der Waals surface area (Å²) in [6.07, 6.45) is -0.107. The molecule has 0 aromatic heterocycles. The summed E-state index contributed by atoms with van der Waals surface area (Å²) in [6, 6.07) is 6.58. The Hall–Kier alpha value is -2.39. The van der Waals surface area contributed by atoms with Crippen LogP contribution in [0, 0.1) is 11.3 Å². The highest BCUT2D eigenvalue weighted by atomic mass is 16.6. The normalized spacial score (nSPS) is 12.1. The number of carbonyl (C=O) groups excluding carboxylic acids is 2. The van der Waals surface area contributed by atoms with Gasteiger partial charge in [0.2, 0.25) is 0 Å². The molecule has 0 heterocycles. The molecule has 1 unspecified atom stereocenters. The molecule has 0 aliphatic heterocycles. The van der Waals surface area contributed by atoms with Gasteiger partial charge in [-0.3, -0.25) is 0 Å². The van der Waals surface area contributed by atoms with Crippen LogP contribution in [-0.4, -0.2) is 31.6 Å². The number of benzene rings is 1. The Kier molecular flexibility index (Phi) is 6.08. The predicted molar refractivity (Wildman–Crippen MR) is 78.3 cm³/mol. The number of esters is 1. The van der Waals surface area contributed by atoms with Gasteiger partial charge in [0.1, 0.15) is 23.5 Å². The summed E-state index contributed by atoms with van der Waals surface area (Å²) in [4.78, 5) is 22.5. The molecular formula is C16H19NO5. The zero-order valence-corrected chi connectivity index (χ0v) is 13.1. The van der Waals surface area contributed by atoms with Gasteiger partial charge < -0.3 is 19.0 Å². The Labute approximate surface area is 129 Å². The first kappa shape index (κ1) is 17.7. The molecule has 1 rings (SSSR count). The minimum absolute atomic E-state index is 0.213. The van der Waals surface area contributed by atoms with Crippen molar-refractivity contribution in [2.45, 2.75) is 32.5 Å². The van der Waals surface area contributed by atoms with Crippen LogP contribution in [0.2, 0.25) is 0 Å². The van der Waals surface area contributed by atoms with Crippen molar-refractivity contribution in [1.82, 2.24) is 0 Å². The highest BCUT2D eigenvalue weighted by Crippen LogP contribution is 2.24. The molecule has 1 aromatic rings. The Morgan fingerprint density at radius 3 is 2.59 bits per heavy atom. The maximum Gasteiger partial charge on any atom is 0.344 e. The van der Waals surface area contributed by atoms with E-state index in [0.29, 0.717) is 11.8 Å². The van der Waals surface area contributed by atoms with E-state index in [4.69, 9.17) is 19.5 Å². The lowest BCUT2D eigenvalue weighted by Crippen LogP contribution is -2.27. The van der Waals surface area contributed by atoms with Crippen molar-refractivity contribution < 1.29 is 23.8 Å². The number of hydrogen-bond acceptors (Lipinski definition) is 6. The molecule has 0 fully saturated rings. The van der Waals surface area contributed by atoms with Gasteiger partial charge in [-0.05, 0) is 38.5 Å². The van der Waals surface area contributed by atoms with Crippen molar-refractivity contribution in [3.63, 3.8) is 0 Å². The topological polar surface area (TPSA) is 85.6 Å². The molecule has 0 aliphatic carbocycles. The fourth-order valence-corrected chi connectivity index (χ4v) is 1.72. The summed E-state index contributed by atoms with van der Waals surface area (Å²) < 4.78 is 15.4. The molecule has 1 atom stereocenters. The van der Waals surface area contributed by atoms with E-state index in [9.17, 15) is 9.59 Å². The molecule has 1 aromatic carbocycles. The van der Waals surface area contributed by atoms with Gasteiger partial charge in [-0.15, -0.1) is 0 Å². The Morgan fingerprint density at radius 2 is 2.09 bits per heavy atom. The molecule has 6 nitrogen and oxygen atoms in total. The summed E-state index contributed by atoms with van der Waals surface area (Å²) in [6.45, 7) is 4.97. The van der Waals surface area contributed by atoms with Crippen LogP contribution in [-0.2, 0) is 19.1 Å². The first-order chi connectivity index (χ1) is 10.3. The number of methoxy groups -OCH3 is 1. The average Bonchev–Trinajstić information content (AvgIpc) is 2.45. The van der Waals surface area contributed by atoms with E-state index >= 15 is 0 Å². The fraction of sp³-hybridized carbons (Fsp3) is 0.438. The number of nitriles is 1. The second-order valence-electron chi connectivity index (χ2n) is 5.53. The van der Waals surface area contributed by atoms with Gasteiger partial charge >= 0.3 is 5.97 Å². The molecule has 0 N–H and O–H groups in total. The number of nitrogens with zero attached hydrogens (tertiary/aromatic N) is 1. The van der Waals surface area contributed by atoms with E-state index in [2.05, 4.69) is 0 Å². The maximum atomic E-state index is 11.6. The lowest BCUT2D eigenvalue weighted by atomic mass is 10.1.